The van der Waals surface area contributed by atoms with Gasteiger partial charge in [0.05, 0.1) is 0 Å². The van der Waals surface area contributed by atoms with E-state index in [1.807, 2.05) is 18.2 Å². The molecule has 2 heterocycles. The summed E-state index contributed by atoms with van der Waals surface area (Å²) in [6.07, 6.45) is 3.59. The molecule has 1 aliphatic rings. The van der Waals surface area contributed by atoms with Gasteiger partial charge in [-0.15, -0.1) is 0 Å². The van der Waals surface area contributed by atoms with E-state index in [2.05, 4.69) is 40.6 Å². The third-order valence-electron chi connectivity index (χ3n) is 4.73. The van der Waals surface area contributed by atoms with Crippen molar-refractivity contribution < 1.29 is 4.79 Å². The lowest BCUT2D eigenvalue weighted by Gasteiger charge is -2.31. The fourth-order valence-corrected chi connectivity index (χ4v) is 3.99. The summed E-state index contributed by atoms with van der Waals surface area (Å²) in [6.45, 7) is 6.93. The first-order chi connectivity index (χ1) is 12.6. The topological polar surface area (TPSA) is 58.1 Å². The zero-order chi connectivity index (χ0) is 18.4. The minimum absolute atomic E-state index is 0.178. The fraction of sp³-hybridized carbons (Fsp3) is 0.550. The molecule has 0 spiro atoms. The lowest BCUT2D eigenvalue weighted by molar-refractivity contribution is -0.122. The SMILES string of the molecule is CC(C)CC(=O)NCC1CCN(c2nc(Cc3ccccc3)ns2)CC1. The Hall–Kier alpha value is -1.95. The molecule has 0 bridgehead atoms. The van der Waals surface area contributed by atoms with Crippen molar-refractivity contribution in [2.45, 2.75) is 39.5 Å². The van der Waals surface area contributed by atoms with E-state index < -0.39 is 0 Å². The highest BCUT2D eigenvalue weighted by Crippen LogP contribution is 2.25. The number of piperidine rings is 1. The van der Waals surface area contributed by atoms with Crippen LogP contribution in [0.3, 0.4) is 0 Å². The number of carbonyl (C=O) groups excluding carboxylic acids is 1. The van der Waals surface area contributed by atoms with Gasteiger partial charge in [-0.25, -0.2) is 4.98 Å². The van der Waals surface area contributed by atoms with Gasteiger partial charge in [0.15, 0.2) is 0 Å². The fourth-order valence-electron chi connectivity index (χ4n) is 3.25. The van der Waals surface area contributed by atoms with Crippen LogP contribution in [0, 0.1) is 11.8 Å². The first-order valence-electron chi connectivity index (χ1n) is 9.48. The van der Waals surface area contributed by atoms with Gasteiger partial charge in [0.25, 0.3) is 0 Å². The van der Waals surface area contributed by atoms with Crippen LogP contribution >= 0.6 is 11.5 Å². The third-order valence-corrected chi connectivity index (χ3v) is 5.54. The second kappa shape index (κ2) is 9.12. The predicted octanol–water partition coefficient (Wildman–Crippen LogP) is 3.51. The Balaban J connectivity index is 1.44. The smallest absolute Gasteiger partial charge is 0.220 e. The Kier molecular flexibility index (Phi) is 6.61. The van der Waals surface area contributed by atoms with E-state index in [-0.39, 0.29) is 5.91 Å². The van der Waals surface area contributed by atoms with Crippen molar-refractivity contribution in [2.24, 2.45) is 11.8 Å². The summed E-state index contributed by atoms with van der Waals surface area (Å²) < 4.78 is 4.52. The number of nitrogens with one attached hydrogen (secondary N) is 1. The van der Waals surface area contributed by atoms with Crippen LogP contribution in [-0.2, 0) is 11.2 Å². The Morgan fingerprint density at radius 3 is 2.69 bits per heavy atom. The number of nitrogens with zero attached hydrogens (tertiary/aromatic N) is 3. The van der Waals surface area contributed by atoms with E-state index in [4.69, 9.17) is 4.98 Å². The molecular weight excluding hydrogens is 344 g/mol. The average molecular weight is 373 g/mol. The molecule has 2 aromatic rings. The Bertz CT molecular complexity index is 693. The van der Waals surface area contributed by atoms with Gasteiger partial charge in [-0.05, 0) is 30.2 Å². The molecule has 1 N–H and O–H groups in total. The highest BCUT2D eigenvalue weighted by molar-refractivity contribution is 7.09. The van der Waals surface area contributed by atoms with Crippen molar-refractivity contribution in [3.63, 3.8) is 0 Å². The van der Waals surface area contributed by atoms with Crippen LogP contribution in [0.5, 0.6) is 0 Å². The van der Waals surface area contributed by atoms with Crippen molar-refractivity contribution >= 4 is 22.6 Å². The molecule has 0 aliphatic carbocycles. The molecule has 26 heavy (non-hydrogen) atoms. The maximum atomic E-state index is 11.8. The number of hydrogen-bond acceptors (Lipinski definition) is 5. The number of hydrogen-bond donors (Lipinski definition) is 1. The molecule has 0 unspecified atom stereocenters. The Morgan fingerprint density at radius 1 is 1.27 bits per heavy atom. The van der Waals surface area contributed by atoms with Crippen LogP contribution in [0.4, 0.5) is 5.13 Å². The van der Waals surface area contributed by atoms with Crippen molar-refractivity contribution in [1.29, 1.82) is 0 Å². The Labute approximate surface area is 160 Å². The highest BCUT2D eigenvalue weighted by Gasteiger charge is 2.22. The third kappa shape index (κ3) is 5.53. The van der Waals surface area contributed by atoms with Gasteiger partial charge in [-0.3, -0.25) is 4.79 Å². The zero-order valence-electron chi connectivity index (χ0n) is 15.6. The first kappa shape index (κ1) is 18.8. The van der Waals surface area contributed by atoms with E-state index in [9.17, 15) is 4.79 Å². The first-order valence-corrected chi connectivity index (χ1v) is 10.3. The normalized spacial score (nSPS) is 15.4. The standard InChI is InChI=1S/C20H28N4OS/c1-15(2)12-19(25)21-14-17-8-10-24(11-9-17)20-22-18(23-26-20)13-16-6-4-3-5-7-16/h3-7,15,17H,8-14H2,1-2H3,(H,21,25). The molecule has 1 saturated heterocycles. The molecule has 140 valence electrons. The minimum Gasteiger partial charge on any atom is -0.356 e. The number of benzene rings is 1. The lowest BCUT2D eigenvalue weighted by atomic mass is 9.97. The van der Waals surface area contributed by atoms with E-state index in [1.54, 1.807) is 0 Å². The molecule has 0 saturated carbocycles. The molecule has 0 atom stereocenters. The molecule has 0 radical (unpaired) electrons. The summed E-state index contributed by atoms with van der Waals surface area (Å²) in [4.78, 5) is 18.9. The van der Waals surface area contributed by atoms with Gasteiger partial charge >= 0.3 is 0 Å². The molecule has 1 aliphatic heterocycles. The Morgan fingerprint density at radius 2 is 2.00 bits per heavy atom. The second-order valence-corrected chi connectivity index (χ2v) is 8.22. The zero-order valence-corrected chi connectivity index (χ0v) is 16.5. The van der Waals surface area contributed by atoms with Crippen LogP contribution in [0.1, 0.15) is 44.5 Å². The molecule has 5 nitrogen and oxygen atoms in total. The second-order valence-electron chi connectivity index (χ2n) is 7.49. The maximum absolute atomic E-state index is 11.8. The monoisotopic (exact) mass is 372 g/mol. The quantitative estimate of drug-likeness (QED) is 0.808. The molecular formula is C20H28N4OS. The average Bonchev–Trinajstić information content (AvgIpc) is 3.09. The summed E-state index contributed by atoms with van der Waals surface area (Å²) in [7, 11) is 0. The van der Waals surface area contributed by atoms with Crippen molar-refractivity contribution in [3.8, 4) is 0 Å². The number of rotatable bonds is 7. The minimum atomic E-state index is 0.178. The summed E-state index contributed by atoms with van der Waals surface area (Å²) in [5.74, 6) is 2.06. The van der Waals surface area contributed by atoms with E-state index in [0.29, 0.717) is 18.3 Å². The van der Waals surface area contributed by atoms with Crippen molar-refractivity contribution in [3.05, 3.63) is 41.7 Å². The van der Waals surface area contributed by atoms with Crippen LogP contribution < -0.4 is 10.2 Å². The molecule has 1 aromatic carbocycles. The molecule has 1 fully saturated rings. The van der Waals surface area contributed by atoms with Gasteiger partial charge in [0.1, 0.15) is 5.82 Å². The van der Waals surface area contributed by atoms with Gasteiger partial charge in [0, 0.05) is 44.0 Å². The van der Waals surface area contributed by atoms with Gasteiger partial charge in [-0.2, -0.15) is 4.37 Å². The highest BCUT2D eigenvalue weighted by atomic mass is 32.1. The predicted molar refractivity (Wildman–Crippen MR) is 107 cm³/mol. The van der Waals surface area contributed by atoms with Gasteiger partial charge in [-0.1, -0.05) is 44.2 Å². The van der Waals surface area contributed by atoms with Gasteiger partial charge in [0.2, 0.25) is 11.0 Å². The van der Waals surface area contributed by atoms with Crippen molar-refractivity contribution in [1.82, 2.24) is 14.7 Å². The largest absolute Gasteiger partial charge is 0.356 e. The van der Waals surface area contributed by atoms with Crippen LogP contribution in [-0.4, -0.2) is 34.9 Å². The molecule has 1 aromatic heterocycles. The van der Waals surface area contributed by atoms with E-state index in [0.717, 1.165) is 49.9 Å². The summed E-state index contributed by atoms with van der Waals surface area (Å²) in [6, 6.07) is 10.3. The molecule has 1 amide bonds. The molecule has 3 rings (SSSR count). The summed E-state index contributed by atoms with van der Waals surface area (Å²) in [5, 5.41) is 4.11. The van der Waals surface area contributed by atoms with Crippen LogP contribution in [0.15, 0.2) is 30.3 Å². The van der Waals surface area contributed by atoms with E-state index in [1.165, 1.54) is 17.1 Å². The maximum Gasteiger partial charge on any atom is 0.220 e. The van der Waals surface area contributed by atoms with Crippen molar-refractivity contribution in [2.75, 3.05) is 24.5 Å². The van der Waals surface area contributed by atoms with E-state index >= 15 is 0 Å². The van der Waals surface area contributed by atoms with Crippen LogP contribution in [0.25, 0.3) is 0 Å². The number of aromatic nitrogens is 2. The number of anilines is 1. The lowest BCUT2D eigenvalue weighted by Crippen LogP contribution is -2.38. The summed E-state index contributed by atoms with van der Waals surface area (Å²) >= 11 is 1.50. The summed E-state index contributed by atoms with van der Waals surface area (Å²) in [5.41, 5.74) is 1.24. The number of carbonyl (C=O) groups is 1. The van der Waals surface area contributed by atoms with Gasteiger partial charge < -0.3 is 10.2 Å². The number of amides is 1. The van der Waals surface area contributed by atoms with Crippen LogP contribution in [0.2, 0.25) is 0 Å². The molecule has 6 heteroatoms.